The minimum atomic E-state index is 0.490. The van der Waals surface area contributed by atoms with Crippen LogP contribution in [0.2, 0.25) is 0 Å². The molecule has 2 aromatic rings. The predicted octanol–water partition coefficient (Wildman–Crippen LogP) is 2.64. The van der Waals surface area contributed by atoms with Crippen LogP contribution in [0.4, 0.5) is 5.82 Å². The lowest BCUT2D eigenvalue weighted by Crippen LogP contribution is -2.30. The summed E-state index contributed by atoms with van der Waals surface area (Å²) in [7, 11) is 3.98. The number of likely N-dealkylation sites (N-methyl/N-ethyl adjacent to an activating group) is 1. The van der Waals surface area contributed by atoms with Crippen molar-refractivity contribution in [3.63, 3.8) is 0 Å². The van der Waals surface area contributed by atoms with Crippen LogP contribution < -0.4 is 5.32 Å². The van der Waals surface area contributed by atoms with Gasteiger partial charge in [0.25, 0.3) is 0 Å². The van der Waals surface area contributed by atoms with E-state index in [0.717, 1.165) is 24.5 Å². The van der Waals surface area contributed by atoms with Crippen molar-refractivity contribution in [1.82, 2.24) is 14.9 Å². The second-order valence-corrected chi connectivity index (χ2v) is 5.72. The topological polar surface area (TPSA) is 41.1 Å². The van der Waals surface area contributed by atoms with Gasteiger partial charge in [-0.25, -0.2) is 4.98 Å². The number of anilines is 1. The van der Waals surface area contributed by atoms with Gasteiger partial charge in [-0.1, -0.05) is 6.07 Å². The van der Waals surface area contributed by atoms with E-state index in [9.17, 15) is 0 Å². The molecule has 0 bridgehead atoms. The van der Waals surface area contributed by atoms with E-state index in [1.807, 2.05) is 24.6 Å². The first kappa shape index (κ1) is 14.0. The number of thiophene rings is 1. The monoisotopic (exact) mass is 276 g/mol. The minimum absolute atomic E-state index is 0.490. The molecule has 19 heavy (non-hydrogen) atoms. The summed E-state index contributed by atoms with van der Waals surface area (Å²) in [6, 6.07) is 4.79. The molecule has 0 aliphatic carbocycles. The Morgan fingerprint density at radius 1 is 1.37 bits per heavy atom. The number of aromatic nitrogens is 2. The van der Waals surface area contributed by atoms with E-state index in [-0.39, 0.29) is 0 Å². The highest BCUT2D eigenvalue weighted by molar-refractivity contribution is 7.09. The fourth-order valence-corrected chi connectivity index (χ4v) is 2.68. The molecule has 0 saturated heterocycles. The van der Waals surface area contributed by atoms with Gasteiger partial charge < -0.3 is 5.32 Å². The van der Waals surface area contributed by atoms with Gasteiger partial charge in [0.2, 0.25) is 0 Å². The third-order valence-corrected chi connectivity index (χ3v) is 4.10. The fourth-order valence-electron chi connectivity index (χ4n) is 1.85. The van der Waals surface area contributed by atoms with Crippen LogP contribution in [-0.2, 0) is 13.0 Å². The summed E-state index contributed by atoms with van der Waals surface area (Å²) < 4.78 is 0. The highest BCUT2D eigenvalue weighted by Gasteiger charge is 2.11. The maximum absolute atomic E-state index is 4.40. The molecule has 102 valence electrons. The average Bonchev–Trinajstić information content (AvgIpc) is 2.92. The Morgan fingerprint density at radius 3 is 2.79 bits per heavy atom. The molecule has 0 fully saturated rings. The summed E-state index contributed by atoms with van der Waals surface area (Å²) in [6.45, 7) is 3.07. The SMILES string of the molecule is CNc1cnc(CN(C)C(C)Cc2cccs2)cn1. The van der Waals surface area contributed by atoms with Crippen LogP contribution in [0.5, 0.6) is 0 Å². The molecule has 2 rings (SSSR count). The lowest BCUT2D eigenvalue weighted by Gasteiger charge is -2.23. The smallest absolute Gasteiger partial charge is 0.144 e. The van der Waals surface area contributed by atoms with E-state index < -0.39 is 0 Å². The summed E-state index contributed by atoms with van der Waals surface area (Å²) in [5, 5.41) is 5.10. The van der Waals surface area contributed by atoms with Crippen LogP contribution >= 0.6 is 11.3 Å². The zero-order valence-electron chi connectivity index (χ0n) is 11.6. The van der Waals surface area contributed by atoms with E-state index >= 15 is 0 Å². The van der Waals surface area contributed by atoms with E-state index in [0.29, 0.717) is 6.04 Å². The van der Waals surface area contributed by atoms with E-state index in [1.165, 1.54) is 4.88 Å². The number of nitrogens with one attached hydrogen (secondary N) is 1. The molecule has 0 spiro atoms. The van der Waals surface area contributed by atoms with E-state index in [4.69, 9.17) is 0 Å². The zero-order chi connectivity index (χ0) is 13.7. The fraction of sp³-hybridized carbons (Fsp3) is 0.429. The van der Waals surface area contributed by atoms with Crippen molar-refractivity contribution in [2.75, 3.05) is 19.4 Å². The first-order valence-electron chi connectivity index (χ1n) is 6.40. The molecule has 1 unspecified atom stereocenters. The van der Waals surface area contributed by atoms with Crippen LogP contribution in [-0.4, -0.2) is 35.0 Å². The summed E-state index contributed by atoms with van der Waals surface area (Å²) in [5.74, 6) is 0.804. The second-order valence-electron chi connectivity index (χ2n) is 4.69. The standard InChI is InChI=1S/C14H20N4S/c1-11(7-13-5-4-6-19-13)18(3)10-12-8-17-14(15-2)9-16-12/h4-6,8-9,11H,7,10H2,1-3H3,(H,15,17). The van der Waals surface area contributed by atoms with Crippen LogP contribution in [0.25, 0.3) is 0 Å². The van der Waals surface area contributed by atoms with Gasteiger partial charge in [-0.15, -0.1) is 11.3 Å². The number of hydrogen-bond acceptors (Lipinski definition) is 5. The third-order valence-electron chi connectivity index (χ3n) is 3.20. The lowest BCUT2D eigenvalue weighted by atomic mass is 10.2. The molecular formula is C14H20N4S. The highest BCUT2D eigenvalue weighted by Crippen LogP contribution is 2.14. The van der Waals surface area contributed by atoms with Gasteiger partial charge in [0.05, 0.1) is 18.1 Å². The summed E-state index contributed by atoms with van der Waals surface area (Å²) in [5.41, 5.74) is 1.000. The Morgan fingerprint density at radius 2 is 2.21 bits per heavy atom. The quantitative estimate of drug-likeness (QED) is 0.880. The Kier molecular flexibility index (Phi) is 4.87. The molecule has 0 radical (unpaired) electrons. The highest BCUT2D eigenvalue weighted by atomic mass is 32.1. The van der Waals surface area contributed by atoms with Gasteiger partial charge in [0.1, 0.15) is 5.82 Å². The molecule has 0 aliphatic rings. The van der Waals surface area contributed by atoms with Crippen LogP contribution in [0.3, 0.4) is 0 Å². The molecule has 2 heterocycles. The van der Waals surface area contributed by atoms with Crippen LogP contribution in [0.1, 0.15) is 17.5 Å². The van der Waals surface area contributed by atoms with Gasteiger partial charge in [0, 0.05) is 24.5 Å². The molecule has 0 amide bonds. The van der Waals surface area contributed by atoms with Gasteiger partial charge in [-0.2, -0.15) is 0 Å². The number of rotatable bonds is 6. The minimum Gasteiger partial charge on any atom is -0.372 e. The molecule has 0 saturated carbocycles. The van der Waals surface area contributed by atoms with Crippen molar-refractivity contribution >= 4 is 17.2 Å². The van der Waals surface area contributed by atoms with E-state index in [2.05, 4.69) is 51.7 Å². The number of nitrogens with zero attached hydrogens (tertiary/aromatic N) is 3. The molecule has 5 heteroatoms. The second kappa shape index (κ2) is 6.63. The molecular weight excluding hydrogens is 256 g/mol. The Hall–Kier alpha value is -1.46. The molecule has 2 aromatic heterocycles. The average molecular weight is 276 g/mol. The Labute approximate surface area is 118 Å². The number of hydrogen-bond donors (Lipinski definition) is 1. The van der Waals surface area contributed by atoms with E-state index in [1.54, 1.807) is 6.20 Å². The van der Waals surface area contributed by atoms with Crippen molar-refractivity contribution in [3.8, 4) is 0 Å². The summed E-state index contributed by atoms with van der Waals surface area (Å²) >= 11 is 1.82. The zero-order valence-corrected chi connectivity index (χ0v) is 12.4. The molecule has 1 atom stereocenters. The maximum atomic E-state index is 4.40. The van der Waals surface area contributed by atoms with Crippen molar-refractivity contribution in [2.45, 2.75) is 25.9 Å². The normalized spacial score (nSPS) is 12.6. The van der Waals surface area contributed by atoms with Crippen molar-refractivity contribution in [1.29, 1.82) is 0 Å². The van der Waals surface area contributed by atoms with Crippen molar-refractivity contribution in [2.24, 2.45) is 0 Å². The van der Waals surface area contributed by atoms with Crippen molar-refractivity contribution in [3.05, 3.63) is 40.5 Å². The first-order valence-corrected chi connectivity index (χ1v) is 7.28. The molecule has 0 aliphatic heterocycles. The molecule has 4 nitrogen and oxygen atoms in total. The van der Waals surface area contributed by atoms with Crippen LogP contribution in [0, 0.1) is 0 Å². The van der Waals surface area contributed by atoms with Gasteiger partial charge in [-0.05, 0) is 31.8 Å². The maximum Gasteiger partial charge on any atom is 0.144 e. The Balaban J connectivity index is 1.90. The van der Waals surface area contributed by atoms with Crippen LogP contribution in [0.15, 0.2) is 29.9 Å². The third kappa shape index (κ3) is 4.01. The predicted molar refractivity (Wildman–Crippen MR) is 80.5 cm³/mol. The van der Waals surface area contributed by atoms with Crippen molar-refractivity contribution < 1.29 is 0 Å². The van der Waals surface area contributed by atoms with Gasteiger partial charge in [0.15, 0.2) is 0 Å². The van der Waals surface area contributed by atoms with Gasteiger partial charge >= 0.3 is 0 Å². The first-order chi connectivity index (χ1) is 9.19. The molecule has 0 aromatic carbocycles. The lowest BCUT2D eigenvalue weighted by molar-refractivity contribution is 0.246. The summed E-state index contributed by atoms with van der Waals surface area (Å²) in [6.07, 6.45) is 4.68. The van der Waals surface area contributed by atoms with Gasteiger partial charge in [-0.3, -0.25) is 9.88 Å². The Bertz CT molecular complexity index is 481. The summed E-state index contributed by atoms with van der Waals surface area (Å²) in [4.78, 5) is 12.4. The molecule has 1 N–H and O–H groups in total. The largest absolute Gasteiger partial charge is 0.372 e.